The summed E-state index contributed by atoms with van der Waals surface area (Å²) in [4.78, 5) is 13.6. The van der Waals surface area contributed by atoms with Gasteiger partial charge in [0.25, 0.3) is 5.91 Å². The highest BCUT2D eigenvalue weighted by atomic mass is 35.5. The molecular weight excluding hydrogens is 379 g/mol. The van der Waals surface area contributed by atoms with Crippen LogP contribution in [0.1, 0.15) is 32.7 Å². The van der Waals surface area contributed by atoms with Gasteiger partial charge in [-0.2, -0.15) is 0 Å². The van der Waals surface area contributed by atoms with E-state index in [4.69, 9.17) is 27.6 Å². The Bertz CT molecular complexity index is 993. The predicted octanol–water partition coefficient (Wildman–Crippen LogP) is 5.79. The maximum atomic E-state index is 12.5. The number of halogens is 2. The Morgan fingerprint density at radius 3 is 2.72 bits per heavy atom. The Labute approximate surface area is 158 Å². The highest BCUT2D eigenvalue weighted by Gasteiger charge is 2.30. The molecule has 1 aromatic carbocycles. The summed E-state index contributed by atoms with van der Waals surface area (Å²) in [5.41, 5.74) is 2.43. The maximum Gasteiger partial charge on any atom is 0.256 e. The quantitative estimate of drug-likeness (QED) is 0.580. The summed E-state index contributed by atoms with van der Waals surface area (Å²) in [6, 6.07) is 9.02. The summed E-state index contributed by atoms with van der Waals surface area (Å²) in [6.45, 7) is 3.97. The number of fused-ring (bicyclic) bond motifs is 1. The number of rotatable bonds is 2. The molecule has 0 unspecified atom stereocenters. The van der Waals surface area contributed by atoms with Crippen LogP contribution in [0.2, 0.25) is 10.0 Å². The number of furan rings is 1. The van der Waals surface area contributed by atoms with Crippen LogP contribution in [0.5, 0.6) is 0 Å². The molecule has 1 atom stereocenters. The molecule has 128 valence electrons. The lowest BCUT2D eigenvalue weighted by Gasteiger charge is -2.24. The average Bonchev–Trinajstić information content (AvgIpc) is 3.16. The third-order valence-electron chi connectivity index (χ3n) is 4.29. The van der Waals surface area contributed by atoms with Gasteiger partial charge in [0.1, 0.15) is 16.5 Å². The SMILES string of the molecule is Cc1sc2c(c1C)C(=O)N[C@H](c1ccc(-c3cccc(Cl)c3Cl)o1)N2. The highest BCUT2D eigenvalue weighted by Crippen LogP contribution is 2.39. The smallest absolute Gasteiger partial charge is 0.256 e. The first kappa shape index (κ1) is 16.5. The Morgan fingerprint density at radius 2 is 1.92 bits per heavy atom. The first-order valence-electron chi connectivity index (χ1n) is 7.67. The average molecular weight is 393 g/mol. The zero-order valence-electron chi connectivity index (χ0n) is 13.4. The van der Waals surface area contributed by atoms with Gasteiger partial charge in [-0.05, 0) is 43.7 Å². The Balaban J connectivity index is 1.67. The van der Waals surface area contributed by atoms with Crippen LogP contribution in [0.25, 0.3) is 11.3 Å². The summed E-state index contributed by atoms with van der Waals surface area (Å²) in [7, 11) is 0. The molecule has 0 spiro atoms. The molecule has 25 heavy (non-hydrogen) atoms. The molecule has 4 nitrogen and oxygen atoms in total. The number of thiophene rings is 1. The normalized spacial score (nSPS) is 16.3. The van der Waals surface area contributed by atoms with E-state index in [0.29, 0.717) is 32.7 Å². The van der Waals surface area contributed by atoms with Crippen LogP contribution in [-0.4, -0.2) is 5.91 Å². The summed E-state index contributed by atoms with van der Waals surface area (Å²) in [5, 5.41) is 8.04. The Morgan fingerprint density at radius 1 is 1.12 bits per heavy atom. The molecule has 0 saturated heterocycles. The summed E-state index contributed by atoms with van der Waals surface area (Å²) in [6.07, 6.45) is -0.427. The predicted molar refractivity (Wildman–Crippen MR) is 102 cm³/mol. The van der Waals surface area contributed by atoms with Crippen LogP contribution in [0.3, 0.4) is 0 Å². The monoisotopic (exact) mass is 392 g/mol. The highest BCUT2D eigenvalue weighted by molar-refractivity contribution is 7.16. The molecular formula is C18H14Cl2N2O2S. The van der Waals surface area contributed by atoms with Gasteiger partial charge in [-0.3, -0.25) is 4.79 Å². The second-order valence-electron chi connectivity index (χ2n) is 5.84. The van der Waals surface area contributed by atoms with Crippen LogP contribution in [0.15, 0.2) is 34.7 Å². The number of carbonyl (C=O) groups excluding carboxylic acids is 1. The zero-order chi connectivity index (χ0) is 17.7. The third-order valence-corrected chi connectivity index (χ3v) is 6.25. The third kappa shape index (κ3) is 2.72. The minimum Gasteiger partial charge on any atom is -0.457 e. The van der Waals surface area contributed by atoms with Crippen molar-refractivity contribution in [1.82, 2.24) is 5.32 Å². The van der Waals surface area contributed by atoms with Gasteiger partial charge in [0.15, 0.2) is 6.17 Å². The van der Waals surface area contributed by atoms with Crippen molar-refractivity contribution in [2.45, 2.75) is 20.0 Å². The largest absolute Gasteiger partial charge is 0.457 e. The molecule has 0 fully saturated rings. The lowest BCUT2D eigenvalue weighted by molar-refractivity contribution is 0.0931. The van der Waals surface area contributed by atoms with Gasteiger partial charge >= 0.3 is 0 Å². The van der Waals surface area contributed by atoms with Crippen molar-refractivity contribution >= 4 is 45.4 Å². The summed E-state index contributed by atoms with van der Waals surface area (Å²) < 4.78 is 5.93. The van der Waals surface area contributed by atoms with Gasteiger partial charge < -0.3 is 15.1 Å². The first-order chi connectivity index (χ1) is 12.0. The first-order valence-corrected chi connectivity index (χ1v) is 9.24. The fourth-order valence-electron chi connectivity index (χ4n) is 2.86. The van der Waals surface area contributed by atoms with E-state index in [1.54, 1.807) is 17.4 Å². The van der Waals surface area contributed by atoms with Crippen LogP contribution in [0, 0.1) is 13.8 Å². The molecule has 4 rings (SSSR count). The molecule has 0 radical (unpaired) electrons. The number of anilines is 1. The van der Waals surface area contributed by atoms with E-state index in [1.807, 2.05) is 38.1 Å². The fraction of sp³-hybridized carbons (Fsp3) is 0.167. The van der Waals surface area contributed by atoms with Crippen molar-refractivity contribution in [3.05, 3.63) is 62.1 Å². The topological polar surface area (TPSA) is 54.3 Å². The van der Waals surface area contributed by atoms with Crippen LogP contribution in [0.4, 0.5) is 5.00 Å². The van der Waals surface area contributed by atoms with E-state index >= 15 is 0 Å². The molecule has 0 saturated carbocycles. The summed E-state index contributed by atoms with van der Waals surface area (Å²) >= 11 is 13.9. The molecule has 0 aliphatic carbocycles. The minimum absolute atomic E-state index is 0.0978. The summed E-state index contributed by atoms with van der Waals surface area (Å²) in [5.74, 6) is 1.11. The van der Waals surface area contributed by atoms with Crippen molar-refractivity contribution in [2.75, 3.05) is 5.32 Å². The number of benzene rings is 1. The van der Waals surface area contributed by atoms with E-state index in [-0.39, 0.29) is 5.91 Å². The lowest BCUT2D eigenvalue weighted by atomic mass is 10.1. The standard InChI is InChI=1S/C18H14Cl2N2O2S/c1-8-9(2)25-18-14(8)17(23)21-16(22-18)13-7-6-12(24-13)10-4-3-5-11(19)15(10)20/h3-7,16,22H,1-2H3,(H,21,23)/t16-/m0/s1. The van der Waals surface area contributed by atoms with Gasteiger partial charge in [0.05, 0.1) is 15.6 Å². The van der Waals surface area contributed by atoms with Crippen LogP contribution >= 0.6 is 34.5 Å². The van der Waals surface area contributed by atoms with E-state index in [1.165, 1.54) is 0 Å². The molecule has 3 aromatic rings. The molecule has 2 aromatic heterocycles. The van der Waals surface area contributed by atoms with E-state index in [2.05, 4.69) is 10.6 Å². The number of aryl methyl sites for hydroxylation is 1. The van der Waals surface area contributed by atoms with Gasteiger partial charge in [0, 0.05) is 10.4 Å². The van der Waals surface area contributed by atoms with Crippen molar-refractivity contribution < 1.29 is 9.21 Å². The number of nitrogens with one attached hydrogen (secondary N) is 2. The van der Waals surface area contributed by atoms with Crippen molar-refractivity contribution in [3.8, 4) is 11.3 Å². The number of carbonyl (C=O) groups is 1. The van der Waals surface area contributed by atoms with E-state index < -0.39 is 6.17 Å². The van der Waals surface area contributed by atoms with E-state index in [0.717, 1.165) is 15.4 Å². The van der Waals surface area contributed by atoms with Gasteiger partial charge in [-0.1, -0.05) is 29.3 Å². The number of amides is 1. The van der Waals surface area contributed by atoms with Crippen molar-refractivity contribution in [2.24, 2.45) is 0 Å². The van der Waals surface area contributed by atoms with Gasteiger partial charge in [-0.25, -0.2) is 0 Å². The van der Waals surface area contributed by atoms with Gasteiger partial charge in [-0.15, -0.1) is 11.3 Å². The Kier molecular flexibility index (Phi) is 4.02. The maximum absolute atomic E-state index is 12.5. The molecule has 7 heteroatoms. The van der Waals surface area contributed by atoms with Crippen LogP contribution < -0.4 is 10.6 Å². The second kappa shape index (κ2) is 6.09. The minimum atomic E-state index is -0.427. The number of hydrogen-bond acceptors (Lipinski definition) is 4. The second-order valence-corrected chi connectivity index (χ2v) is 7.85. The lowest BCUT2D eigenvalue weighted by Crippen LogP contribution is -2.37. The van der Waals surface area contributed by atoms with Crippen molar-refractivity contribution in [3.63, 3.8) is 0 Å². The molecule has 1 amide bonds. The van der Waals surface area contributed by atoms with Gasteiger partial charge in [0.2, 0.25) is 0 Å². The van der Waals surface area contributed by atoms with E-state index in [9.17, 15) is 4.79 Å². The molecule has 1 aliphatic rings. The Hall–Kier alpha value is -1.95. The molecule has 0 bridgehead atoms. The molecule has 1 aliphatic heterocycles. The molecule has 3 heterocycles. The molecule has 2 N–H and O–H groups in total. The zero-order valence-corrected chi connectivity index (χ0v) is 15.8. The fourth-order valence-corrected chi connectivity index (χ4v) is 4.34. The number of hydrogen-bond donors (Lipinski definition) is 2. The van der Waals surface area contributed by atoms with Crippen molar-refractivity contribution in [1.29, 1.82) is 0 Å². The van der Waals surface area contributed by atoms with Crippen LogP contribution in [-0.2, 0) is 0 Å².